The first-order valence-corrected chi connectivity index (χ1v) is 8.17. The molecule has 4 nitrogen and oxygen atoms in total. The standard InChI is InChI=1S/C21H21NO3/c1-16-5-7-17(8-6-16)14-22(15-20-4-3-13-25-20)21(23)18-9-11-19(24-2)12-10-18/h3-13H,14-15H2,1-2H3. The van der Waals surface area contributed by atoms with Crippen LogP contribution in [0.5, 0.6) is 5.75 Å². The lowest BCUT2D eigenvalue weighted by molar-refractivity contribution is 0.0717. The van der Waals surface area contributed by atoms with Crippen molar-refractivity contribution in [2.24, 2.45) is 0 Å². The van der Waals surface area contributed by atoms with E-state index in [4.69, 9.17) is 9.15 Å². The van der Waals surface area contributed by atoms with E-state index in [-0.39, 0.29) is 5.91 Å². The van der Waals surface area contributed by atoms with Gasteiger partial charge in [-0.15, -0.1) is 0 Å². The number of amides is 1. The van der Waals surface area contributed by atoms with Crippen molar-refractivity contribution in [1.82, 2.24) is 4.90 Å². The minimum Gasteiger partial charge on any atom is -0.497 e. The zero-order chi connectivity index (χ0) is 17.6. The summed E-state index contributed by atoms with van der Waals surface area (Å²) in [5, 5.41) is 0. The minimum absolute atomic E-state index is 0.0420. The number of hydrogen-bond donors (Lipinski definition) is 0. The number of hydrogen-bond acceptors (Lipinski definition) is 3. The number of benzene rings is 2. The van der Waals surface area contributed by atoms with E-state index < -0.39 is 0 Å². The number of carbonyl (C=O) groups excluding carboxylic acids is 1. The number of carbonyl (C=O) groups is 1. The molecule has 0 fully saturated rings. The van der Waals surface area contributed by atoms with E-state index in [1.54, 1.807) is 42.5 Å². The van der Waals surface area contributed by atoms with Crippen LogP contribution in [-0.2, 0) is 13.1 Å². The van der Waals surface area contributed by atoms with E-state index in [1.165, 1.54) is 5.56 Å². The first kappa shape index (κ1) is 16.8. The van der Waals surface area contributed by atoms with Crippen LogP contribution in [0.3, 0.4) is 0 Å². The fraction of sp³-hybridized carbons (Fsp3) is 0.190. The second-order valence-corrected chi connectivity index (χ2v) is 5.95. The molecule has 1 heterocycles. The second kappa shape index (κ2) is 7.71. The molecule has 0 aliphatic rings. The molecule has 0 unspecified atom stereocenters. The summed E-state index contributed by atoms with van der Waals surface area (Å²) in [7, 11) is 1.61. The summed E-state index contributed by atoms with van der Waals surface area (Å²) in [6, 6.07) is 19.1. The Morgan fingerprint density at radius 3 is 2.32 bits per heavy atom. The summed E-state index contributed by atoms with van der Waals surface area (Å²) in [4.78, 5) is 14.8. The smallest absolute Gasteiger partial charge is 0.254 e. The zero-order valence-corrected chi connectivity index (χ0v) is 14.4. The summed E-state index contributed by atoms with van der Waals surface area (Å²) in [5.74, 6) is 1.45. The van der Waals surface area contributed by atoms with E-state index >= 15 is 0 Å². The van der Waals surface area contributed by atoms with Gasteiger partial charge in [0.1, 0.15) is 11.5 Å². The van der Waals surface area contributed by atoms with Gasteiger partial charge >= 0.3 is 0 Å². The highest BCUT2D eigenvalue weighted by atomic mass is 16.5. The predicted octanol–water partition coefficient (Wildman–Crippen LogP) is 4.44. The molecule has 4 heteroatoms. The molecule has 25 heavy (non-hydrogen) atoms. The molecule has 0 N–H and O–H groups in total. The number of ether oxygens (including phenoxy) is 1. The molecule has 3 rings (SSSR count). The average Bonchev–Trinajstić information content (AvgIpc) is 3.15. The normalized spacial score (nSPS) is 10.5. The highest BCUT2D eigenvalue weighted by molar-refractivity contribution is 5.94. The Kier molecular flexibility index (Phi) is 5.19. The van der Waals surface area contributed by atoms with Crippen molar-refractivity contribution in [3.05, 3.63) is 89.4 Å². The van der Waals surface area contributed by atoms with Crippen LogP contribution in [0.1, 0.15) is 27.2 Å². The molecule has 0 aliphatic heterocycles. The first-order chi connectivity index (χ1) is 12.2. The summed E-state index contributed by atoms with van der Waals surface area (Å²) in [6.45, 7) is 2.99. The van der Waals surface area contributed by atoms with Gasteiger partial charge in [-0.3, -0.25) is 4.79 Å². The lowest BCUT2D eigenvalue weighted by Gasteiger charge is -2.22. The highest BCUT2D eigenvalue weighted by Crippen LogP contribution is 2.17. The van der Waals surface area contributed by atoms with Gasteiger partial charge < -0.3 is 14.1 Å². The van der Waals surface area contributed by atoms with E-state index in [2.05, 4.69) is 12.1 Å². The molecule has 0 atom stereocenters. The van der Waals surface area contributed by atoms with Gasteiger partial charge in [-0.05, 0) is 48.9 Å². The van der Waals surface area contributed by atoms with Gasteiger partial charge in [-0.2, -0.15) is 0 Å². The van der Waals surface area contributed by atoms with Crippen LogP contribution in [0.15, 0.2) is 71.3 Å². The molecule has 0 spiro atoms. The first-order valence-electron chi connectivity index (χ1n) is 8.17. The van der Waals surface area contributed by atoms with E-state index in [1.807, 2.05) is 31.2 Å². The average molecular weight is 335 g/mol. The van der Waals surface area contributed by atoms with Crippen molar-refractivity contribution >= 4 is 5.91 Å². The summed E-state index contributed by atoms with van der Waals surface area (Å²) in [5.41, 5.74) is 2.90. The number of methoxy groups -OCH3 is 1. The van der Waals surface area contributed by atoms with E-state index in [0.29, 0.717) is 18.7 Å². The molecular formula is C21H21NO3. The molecule has 1 aromatic heterocycles. The van der Waals surface area contributed by atoms with Crippen LogP contribution in [0.2, 0.25) is 0 Å². The zero-order valence-electron chi connectivity index (χ0n) is 14.4. The van der Waals surface area contributed by atoms with Crippen molar-refractivity contribution in [3.8, 4) is 5.75 Å². The molecule has 3 aromatic rings. The largest absolute Gasteiger partial charge is 0.497 e. The van der Waals surface area contributed by atoms with E-state index in [0.717, 1.165) is 17.1 Å². The van der Waals surface area contributed by atoms with Gasteiger partial charge in [0.25, 0.3) is 5.91 Å². The summed E-state index contributed by atoms with van der Waals surface area (Å²) in [6.07, 6.45) is 1.62. The van der Waals surface area contributed by atoms with E-state index in [9.17, 15) is 4.79 Å². The van der Waals surface area contributed by atoms with Gasteiger partial charge in [0.15, 0.2) is 0 Å². The van der Waals surface area contributed by atoms with Crippen LogP contribution >= 0.6 is 0 Å². The SMILES string of the molecule is COc1ccc(C(=O)N(Cc2ccc(C)cc2)Cc2ccco2)cc1. The lowest BCUT2D eigenvalue weighted by atomic mass is 10.1. The monoisotopic (exact) mass is 335 g/mol. The molecule has 0 aliphatic carbocycles. The molecule has 0 saturated heterocycles. The van der Waals surface area contributed by atoms with Crippen molar-refractivity contribution < 1.29 is 13.9 Å². The summed E-state index contributed by atoms with van der Waals surface area (Å²) < 4.78 is 10.6. The topological polar surface area (TPSA) is 42.7 Å². The Hall–Kier alpha value is -3.01. The Labute approximate surface area is 147 Å². The lowest BCUT2D eigenvalue weighted by Crippen LogP contribution is -2.30. The number of nitrogens with zero attached hydrogens (tertiary/aromatic N) is 1. The van der Waals surface area contributed by atoms with Crippen LogP contribution in [-0.4, -0.2) is 17.9 Å². The predicted molar refractivity (Wildman–Crippen MR) is 96.5 cm³/mol. The highest BCUT2D eigenvalue weighted by Gasteiger charge is 2.18. The maximum atomic E-state index is 13.0. The maximum absolute atomic E-state index is 13.0. The minimum atomic E-state index is -0.0420. The number of aryl methyl sites for hydroxylation is 1. The molecular weight excluding hydrogens is 314 g/mol. The van der Waals surface area contributed by atoms with Gasteiger partial charge in [0.05, 0.1) is 19.9 Å². The molecule has 0 bridgehead atoms. The third kappa shape index (κ3) is 4.29. The van der Waals surface area contributed by atoms with Crippen LogP contribution in [0.4, 0.5) is 0 Å². The fourth-order valence-electron chi connectivity index (χ4n) is 2.62. The van der Waals surface area contributed by atoms with Crippen LogP contribution in [0.25, 0.3) is 0 Å². The Morgan fingerprint density at radius 2 is 1.72 bits per heavy atom. The third-order valence-electron chi connectivity index (χ3n) is 4.05. The molecule has 2 aromatic carbocycles. The second-order valence-electron chi connectivity index (χ2n) is 5.95. The van der Waals surface area contributed by atoms with Crippen molar-refractivity contribution in [2.75, 3.05) is 7.11 Å². The maximum Gasteiger partial charge on any atom is 0.254 e. The van der Waals surface area contributed by atoms with Gasteiger partial charge in [-0.25, -0.2) is 0 Å². The van der Waals surface area contributed by atoms with Crippen LogP contribution < -0.4 is 4.74 Å². The van der Waals surface area contributed by atoms with Gasteiger partial charge in [0, 0.05) is 12.1 Å². The molecule has 1 amide bonds. The Morgan fingerprint density at radius 1 is 1.00 bits per heavy atom. The van der Waals surface area contributed by atoms with Crippen molar-refractivity contribution in [1.29, 1.82) is 0 Å². The quantitative estimate of drug-likeness (QED) is 0.669. The summed E-state index contributed by atoms with van der Waals surface area (Å²) >= 11 is 0. The molecule has 128 valence electrons. The number of rotatable bonds is 6. The molecule has 0 radical (unpaired) electrons. The Bertz CT molecular complexity index is 805. The third-order valence-corrected chi connectivity index (χ3v) is 4.05. The Balaban J connectivity index is 1.83. The van der Waals surface area contributed by atoms with Gasteiger partial charge in [0.2, 0.25) is 0 Å². The van der Waals surface area contributed by atoms with Crippen LogP contribution in [0, 0.1) is 6.92 Å². The number of furan rings is 1. The van der Waals surface area contributed by atoms with Crippen molar-refractivity contribution in [3.63, 3.8) is 0 Å². The van der Waals surface area contributed by atoms with Gasteiger partial charge in [-0.1, -0.05) is 29.8 Å². The van der Waals surface area contributed by atoms with Crippen molar-refractivity contribution in [2.45, 2.75) is 20.0 Å². The molecule has 0 saturated carbocycles. The fourth-order valence-corrected chi connectivity index (χ4v) is 2.62.